The fraction of sp³-hybridized carbons (Fsp3) is 0.526. The van der Waals surface area contributed by atoms with E-state index >= 15 is 0 Å². The van der Waals surface area contributed by atoms with E-state index in [9.17, 15) is 22.8 Å². The molecule has 0 atom stereocenters. The van der Waals surface area contributed by atoms with Crippen LogP contribution in [-0.4, -0.2) is 28.4 Å². The summed E-state index contributed by atoms with van der Waals surface area (Å²) in [7, 11) is 0. The second-order valence-electron chi connectivity index (χ2n) is 8.50. The van der Waals surface area contributed by atoms with Crippen molar-refractivity contribution < 1.29 is 32.2 Å². The van der Waals surface area contributed by atoms with Crippen molar-refractivity contribution in [2.75, 3.05) is 4.90 Å². The van der Waals surface area contributed by atoms with Gasteiger partial charge in [0.2, 0.25) is 5.13 Å². The number of rotatable bonds is 2. The molecule has 1 aromatic carbocycles. The molecule has 0 bridgehead atoms. The second kappa shape index (κ2) is 8.86. The van der Waals surface area contributed by atoms with Gasteiger partial charge in [-0.3, -0.25) is 0 Å². The van der Waals surface area contributed by atoms with Crippen molar-refractivity contribution in [3.63, 3.8) is 0 Å². The molecule has 1 aromatic heterocycles. The standard InChI is InChI=1S/C19H21Br2F3N2O4S/c1-17(2,3)29-15(27)26(16(28)30-18(4,5)6)14-25-12-10(13(20)21)7-9(19(22,23)24)8-11(12)31-14/h7-8,13H,1-6H3. The van der Waals surface area contributed by atoms with Crippen LogP contribution in [0.3, 0.4) is 0 Å². The number of thiazole rings is 1. The first-order valence-corrected chi connectivity index (χ1v) is 11.6. The van der Waals surface area contributed by atoms with Crippen LogP contribution in [0.25, 0.3) is 10.2 Å². The number of halogens is 5. The molecule has 6 nitrogen and oxygen atoms in total. The lowest BCUT2D eigenvalue weighted by Gasteiger charge is -2.27. The molecule has 0 aliphatic carbocycles. The topological polar surface area (TPSA) is 68.7 Å². The first-order chi connectivity index (χ1) is 13.9. The van der Waals surface area contributed by atoms with Gasteiger partial charge in [0, 0.05) is 5.56 Å². The Bertz CT molecular complexity index is 967. The van der Waals surface area contributed by atoms with Crippen LogP contribution < -0.4 is 4.90 Å². The van der Waals surface area contributed by atoms with Crippen LogP contribution in [0.2, 0.25) is 0 Å². The number of hydrogen-bond acceptors (Lipinski definition) is 6. The third-order valence-corrected chi connectivity index (χ3v) is 5.39. The minimum absolute atomic E-state index is 0.140. The summed E-state index contributed by atoms with van der Waals surface area (Å²) >= 11 is 7.16. The van der Waals surface area contributed by atoms with E-state index in [0.717, 1.165) is 23.5 Å². The van der Waals surface area contributed by atoms with Gasteiger partial charge in [0.25, 0.3) is 0 Å². The average molecular weight is 590 g/mol. The highest BCUT2D eigenvalue weighted by molar-refractivity contribution is 9.24. The maximum absolute atomic E-state index is 13.3. The first-order valence-electron chi connectivity index (χ1n) is 8.95. The Balaban J connectivity index is 2.67. The molecule has 31 heavy (non-hydrogen) atoms. The molecule has 0 saturated carbocycles. The van der Waals surface area contributed by atoms with Gasteiger partial charge >= 0.3 is 18.4 Å². The molecule has 0 N–H and O–H groups in total. The van der Waals surface area contributed by atoms with Crippen molar-refractivity contribution in [1.82, 2.24) is 4.98 Å². The Hall–Kier alpha value is -1.40. The number of alkyl halides is 5. The molecule has 2 amide bonds. The molecule has 172 valence electrons. The van der Waals surface area contributed by atoms with Crippen LogP contribution in [0.4, 0.5) is 27.9 Å². The molecule has 0 saturated heterocycles. The number of carbonyl (C=O) groups excluding carboxylic acids is 2. The molecule has 12 heteroatoms. The fourth-order valence-corrected chi connectivity index (χ4v) is 4.03. The van der Waals surface area contributed by atoms with Gasteiger partial charge in [0.15, 0.2) is 0 Å². The average Bonchev–Trinajstić information content (AvgIpc) is 2.92. The van der Waals surface area contributed by atoms with Gasteiger partial charge in [-0.1, -0.05) is 43.2 Å². The van der Waals surface area contributed by atoms with E-state index in [1.165, 1.54) is 0 Å². The number of nitrogens with zero attached hydrogens (tertiary/aromatic N) is 2. The SMILES string of the molecule is CC(C)(C)OC(=O)N(C(=O)OC(C)(C)C)c1nc2c(C(Br)Br)cc(C(F)(F)F)cc2s1. The third-order valence-electron chi connectivity index (χ3n) is 3.42. The zero-order valence-corrected chi connectivity index (χ0v) is 21.5. The van der Waals surface area contributed by atoms with E-state index in [-0.39, 0.29) is 20.9 Å². The van der Waals surface area contributed by atoms with Gasteiger partial charge in [-0.25, -0.2) is 14.6 Å². The van der Waals surface area contributed by atoms with Crippen molar-refractivity contribution in [3.05, 3.63) is 23.3 Å². The molecular weight excluding hydrogens is 569 g/mol. The smallest absolute Gasteiger partial charge is 0.426 e. The van der Waals surface area contributed by atoms with Crippen LogP contribution in [0, 0.1) is 0 Å². The Morgan fingerprint density at radius 2 is 1.48 bits per heavy atom. The van der Waals surface area contributed by atoms with Gasteiger partial charge in [0.05, 0.1) is 19.5 Å². The van der Waals surface area contributed by atoms with Crippen LogP contribution in [0.5, 0.6) is 0 Å². The summed E-state index contributed by atoms with van der Waals surface area (Å²) in [6.07, 6.45) is -6.68. The highest BCUT2D eigenvalue weighted by Gasteiger charge is 2.37. The zero-order valence-electron chi connectivity index (χ0n) is 17.6. The molecular formula is C19H21Br2F3N2O4S. The molecule has 0 aliphatic rings. The highest BCUT2D eigenvalue weighted by atomic mass is 79.9. The largest absolute Gasteiger partial charge is 0.443 e. The molecule has 0 spiro atoms. The summed E-state index contributed by atoms with van der Waals surface area (Å²) in [5, 5.41) is -0.167. The van der Waals surface area contributed by atoms with Gasteiger partial charge in [-0.05, 0) is 53.7 Å². The number of hydrogen-bond donors (Lipinski definition) is 0. The van der Waals surface area contributed by atoms with E-state index in [0.29, 0.717) is 4.90 Å². The van der Waals surface area contributed by atoms with E-state index in [1.54, 1.807) is 41.5 Å². The van der Waals surface area contributed by atoms with Crippen molar-refractivity contribution in [2.45, 2.75) is 62.7 Å². The number of anilines is 1. The first kappa shape index (κ1) is 25.9. The summed E-state index contributed by atoms with van der Waals surface area (Å²) in [6.45, 7) is 9.69. The summed E-state index contributed by atoms with van der Waals surface area (Å²) in [4.78, 5) is 30.4. The number of aromatic nitrogens is 1. The maximum Gasteiger partial charge on any atom is 0.426 e. The second-order valence-corrected chi connectivity index (χ2v) is 12.6. The van der Waals surface area contributed by atoms with Gasteiger partial charge in [0.1, 0.15) is 11.2 Å². The Morgan fingerprint density at radius 3 is 1.87 bits per heavy atom. The fourth-order valence-electron chi connectivity index (χ4n) is 2.32. The lowest BCUT2D eigenvalue weighted by Crippen LogP contribution is -2.43. The monoisotopic (exact) mass is 588 g/mol. The Labute approximate surface area is 198 Å². The molecule has 0 unspecified atom stereocenters. The molecule has 2 rings (SSSR count). The number of ether oxygens (including phenoxy) is 2. The quantitative estimate of drug-likeness (QED) is 0.335. The van der Waals surface area contributed by atoms with Crippen molar-refractivity contribution >= 4 is 70.7 Å². The number of fused-ring (bicyclic) bond motifs is 1. The number of benzene rings is 1. The molecule has 0 fully saturated rings. The van der Waals surface area contributed by atoms with Gasteiger partial charge < -0.3 is 9.47 Å². The summed E-state index contributed by atoms with van der Waals surface area (Å²) in [5.74, 6) is 0. The number of imide groups is 1. The third kappa shape index (κ3) is 6.79. The number of carbonyl (C=O) groups is 2. The van der Waals surface area contributed by atoms with Gasteiger partial charge in [-0.2, -0.15) is 18.1 Å². The Kier molecular flexibility index (Phi) is 7.39. The van der Waals surface area contributed by atoms with Crippen LogP contribution >= 0.6 is 43.2 Å². The van der Waals surface area contributed by atoms with Crippen molar-refractivity contribution in [2.24, 2.45) is 0 Å². The minimum Gasteiger partial charge on any atom is -0.443 e. The van der Waals surface area contributed by atoms with Crippen LogP contribution in [-0.2, 0) is 15.7 Å². The lowest BCUT2D eigenvalue weighted by atomic mass is 10.1. The summed E-state index contributed by atoms with van der Waals surface area (Å²) in [5.41, 5.74) is -2.35. The number of amides is 2. The molecule has 0 radical (unpaired) electrons. The molecule has 0 aliphatic heterocycles. The van der Waals surface area contributed by atoms with Crippen LogP contribution in [0.1, 0.15) is 56.4 Å². The van der Waals surface area contributed by atoms with Crippen molar-refractivity contribution in [1.29, 1.82) is 0 Å². The maximum atomic E-state index is 13.3. The molecule has 1 heterocycles. The molecule has 2 aromatic rings. The minimum atomic E-state index is -4.59. The Morgan fingerprint density at radius 1 is 1.00 bits per heavy atom. The van der Waals surface area contributed by atoms with E-state index < -0.39 is 38.9 Å². The van der Waals surface area contributed by atoms with E-state index in [1.807, 2.05) is 0 Å². The lowest BCUT2D eigenvalue weighted by molar-refractivity contribution is -0.137. The predicted octanol–water partition coefficient (Wildman–Crippen LogP) is 7.78. The predicted molar refractivity (Wildman–Crippen MR) is 120 cm³/mol. The highest BCUT2D eigenvalue weighted by Crippen LogP contribution is 2.42. The van der Waals surface area contributed by atoms with E-state index in [4.69, 9.17) is 9.47 Å². The zero-order chi connectivity index (χ0) is 23.9. The van der Waals surface area contributed by atoms with Crippen LogP contribution in [0.15, 0.2) is 12.1 Å². The van der Waals surface area contributed by atoms with Crippen molar-refractivity contribution in [3.8, 4) is 0 Å². The van der Waals surface area contributed by atoms with E-state index in [2.05, 4.69) is 36.8 Å². The normalized spacial score (nSPS) is 12.9. The summed E-state index contributed by atoms with van der Waals surface area (Å²) in [6, 6.07) is 1.87. The van der Waals surface area contributed by atoms with Gasteiger partial charge in [-0.15, -0.1) is 0 Å². The summed E-state index contributed by atoms with van der Waals surface area (Å²) < 4.78 is 50.1.